The minimum absolute atomic E-state index is 0.0197. The van der Waals surface area contributed by atoms with Gasteiger partial charge in [0, 0.05) is 0 Å². The number of methoxy groups -OCH3 is 1. The Bertz CT molecular complexity index is 776. The summed E-state index contributed by atoms with van der Waals surface area (Å²) in [6.45, 7) is 0. The highest BCUT2D eigenvalue weighted by Crippen LogP contribution is 2.36. The summed E-state index contributed by atoms with van der Waals surface area (Å²) in [5.74, 6) is -0.172. The first-order chi connectivity index (χ1) is 10.2. The standard InChI is InChI=1S/C15H10ClNO4/c1-19-15(18)14-12(9-5-3-2-4-6-9)13(17-21-14)10-7-8-11(16)20-10/h2-8H,1H3. The molecule has 21 heavy (non-hydrogen) atoms. The highest BCUT2D eigenvalue weighted by Gasteiger charge is 2.26. The van der Waals surface area contributed by atoms with Gasteiger partial charge in [-0.3, -0.25) is 0 Å². The van der Waals surface area contributed by atoms with Crippen molar-refractivity contribution in [2.75, 3.05) is 7.11 Å². The summed E-state index contributed by atoms with van der Waals surface area (Å²) in [5, 5.41) is 4.15. The zero-order valence-corrected chi connectivity index (χ0v) is 11.8. The van der Waals surface area contributed by atoms with Crippen molar-refractivity contribution in [3.05, 3.63) is 53.4 Å². The lowest BCUT2D eigenvalue weighted by Crippen LogP contribution is -2.01. The Morgan fingerprint density at radius 3 is 2.57 bits per heavy atom. The summed E-state index contributed by atoms with van der Waals surface area (Å²) in [7, 11) is 1.28. The van der Waals surface area contributed by atoms with Crippen LogP contribution in [0.25, 0.3) is 22.6 Å². The van der Waals surface area contributed by atoms with Gasteiger partial charge in [0.1, 0.15) is 0 Å². The Hall–Kier alpha value is -2.53. The van der Waals surface area contributed by atoms with Gasteiger partial charge in [-0.2, -0.15) is 0 Å². The molecule has 2 aromatic heterocycles. The lowest BCUT2D eigenvalue weighted by atomic mass is 10.0. The number of hydrogen-bond acceptors (Lipinski definition) is 5. The molecule has 0 aliphatic rings. The van der Waals surface area contributed by atoms with Crippen LogP contribution in [-0.4, -0.2) is 18.2 Å². The highest BCUT2D eigenvalue weighted by molar-refractivity contribution is 6.29. The van der Waals surface area contributed by atoms with E-state index < -0.39 is 5.97 Å². The van der Waals surface area contributed by atoms with E-state index in [0.29, 0.717) is 17.0 Å². The van der Waals surface area contributed by atoms with Crippen LogP contribution in [0.1, 0.15) is 10.6 Å². The van der Waals surface area contributed by atoms with Crippen molar-refractivity contribution < 1.29 is 18.5 Å². The van der Waals surface area contributed by atoms with Crippen LogP contribution in [-0.2, 0) is 4.74 Å². The molecule has 0 aliphatic carbocycles. The van der Waals surface area contributed by atoms with Gasteiger partial charge in [0.05, 0.1) is 12.7 Å². The molecule has 3 aromatic rings. The Morgan fingerprint density at radius 1 is 1.19 bits per heavy atom. The molecule has 0 saturated carbocycles. The van der Waals surface area contributed by atoms with Crippen molar-refractivity contribution in [2.24, 2.45) is 0 Å². The molecule has 1 aromatic carbocycles. The van der Waals surface area contributed by atoms with Gasteiger partial charge in [0.25, 0.3) is 5.76 Å². The first kappa shape index (κ1) is 13.5. The fraction of sp³-hybridized carbons (Fsp3) is 0.0667. The minimum Gasteiger partial charge on any atom is -0.463 e. The van der Waals surface area contributed by atoms with Crippen LogP contribution in [0.15, 0.2) is 51.4 Å². The third-order valence-corrected chi connectivity index (χ3v) is 3.14. The van der Waals surface area contributed by atoms with Gasteiger partial charge < -0.3 is 13.7 Å². The molecule has 0 saturated heterocycles. The quantitative estimate of drug-likeness (QED) is 0.683. The fourth-order valence-electron chi connectivity index (χ4n) is 2.00. The third kappa shape index (κ3) is 2.43. The summed E-state index contributed by atoms with van der Waals surface area (Å²) in [6.07, 6.45) is 0. The molecule has 0 aliphatic heterocycles. The van der Waals surface area contributed by atoms with E-state index in [1.807, 2.05) is 30.3 Å². The number of aromatic nitrogens is 1. The fourth-order valence-corrected chi connectivity index (χ4v) is 2.15. The first-order valence-corrected chi connectivity index (χ1v) is 6.47. The maximum Gasteiger partial charge on any atom is 0.377 e. The highest BCUT2D eigenvalue weighted by atomic mass is 35.5. The zero-order valence-electron chi connectivity index (χ0n) is 11.0. The zero-order chi connectivity index (χ0) is 14.8. The largest absolute Gasteiger partial charge is 0.463 e. The van der Waals surface area contributed by atoms with Crippen molar-refractivity contribution in [3.8, 4) is 22.6 Å². The van der Waals surface area contributed by atoms with E-state index in [-0.39, 0.29) is 11.0 Å². The SMILES string of the molecule is COC(=O)c1onc(-c2ccc(Cl)o2)c1-c1ccccc1. The van der Waals surface area contributed by atoms with E-state index >= 15 is 0 Å². The molecule has 0 bridgehead atoms. The number of furan rings is 1. The monoisotopic (exact) mass is 303 g/mol. The molecular formula is C15H10ClNO4. The average Bonchev–Trinajstić information content (AvgIpc) is 3.13. The van der Waals surface area contributed by atoms with Crippen LogP contribution < -0.4 is 0 Å². The van der Waals surface area contributed by atoms with Crippen LogP contribution in [0, 0.1) is 0 Å². The predicted molar refractivity (Wildman–Crippen MR) is 76.0 cm³/mol. The number of carbonyl (C=O) groups excluding carboxylic acids is 1. The van der Waals surface area contributed by atoms with Crippen LogP contribution in [0.3, 0.4) is 0 Å². The van der Waals surface area contributed by atoms with Gasteiger partial charge in [-0.05, 0) is 29.3 Å². The molecule has 5 nitrogen and oxygen atoms in total. The summed E-state index contributed by atoms with van der Waals surface area (Å²) in [6, 6.07) is 12.5. The maximum atomic E-state index is 11.8. The second-order valence-electron chi connectivity index (χ2n) is 4.20. The van der Waals surface area contributed by atoms with Gasteiger partial charge in [-0.1, -0.05) is 35.5 Å². The number of carbonyl (C=O) groups is 1. The number of esters is 1. The number of rotatable bonds is 3. The Balaban J connectivity index is 2.22. The van der Waals surface area contributed by atoms with Crippen LogP contribution >= 0.6 is 11.6 Å². The van der Waals surface area contributed by atoms with E-state index in [1.54, 1.807) is 12.1 Å². The molecular weight excluding hydrogens is 294 g/mol. The van der Waals surface area contributed by atoms with Gasteiger partial charge >= 0.3 is 5.97 Å². The van der Waals surface area contributed by atoms with Crippen molar-refractivity contribution >= 4 is 17.6 Å². The topological polar surface area (TPSA) is 65.5 Å². The second kappa shape index (κ2) is 5.46. The number of nitrogens with zero attached hydrogens (tertiary/aromatic N) is 1. The molecule has 3 rings (SSSR count). The van der Waals surface area contributed by atoms with Crippen molar-refractivity contribution in [2.45, 2.75) is 0 Å². The van der Waals surface area contributed by atoms with E-state index in [9.17, 15) is 4.79 Å². The average molecular weight is 304 g/mol. The number of hydrogen-bond donors (Lipinski definition) is 0. The molecule has 0 amide bonds. The van der Waals surface area contributed by atoms with Crippen molar-refractivity contribution in [1.82, 2.24) is 5.16 Å². The Labute approximate surface area is 125 Å². The van der Waals surface area contributed by atoms with Gasteiger partial charge in [0.2, 0.25) is 0 Å². The Morgan fingerprint density at radius 2 is 1.95 bits per heavy atom. The second-order valence-corrected chi connectivity index (χ2v) is 4.57. The maximum absolute atomic E-state index is 11.8. The summed E-state index contributed by atoms with van der Waals surface area (Å²) in [5.41, 5.74) is 1.67. The van der Waals surface area contributed by atoms with Crippen LogP contribution in [0.2, 0.25) is 5.22 Å². The minimum atomic E-state index is -0.606. The molecule has 6 heteroatoms. The smallest absolute Gasteiger partial charge is 0.377 e. The molecule has 0 unspecified atom stereocenters. The van der Waals surface area contributed by atoms with E-state index in [1.165, 1.54) is 7.11 Å². The Kier molecular flexibility index (Phi) is 3.50. The third-order valence-electron chi connectivity index (χ3n) is 2.93. The van der Waals surface area contributed by atoms with Crippen molar-refractivity contribution in [1.29, 1.82) is 0 Å². The van der Waals surface area contributed by atoms with Crippen LogP contribution in [0.4, 0.5) is 0 Å². The van der Waals surface area contributed by atoms with E-state index in [4.69, 9.17) is 25.3 Å². The predicted octanol–water partition coefficient (Wildman–Crippen LogP) is 4.04. The van der Waals surface area contributed by atoms with Gasteiger partial charge in [-0.15, -0.1) is 0 Å². The number of benzene rings is 1. The summed E-state index contributed by atoms with van der Waals surface area (Å²) < 4.78 is 15.2. The molecule has 0 N–H and O–H groups in total. The van der Waals surface area contributed by atoms with Crippen molar-refractivity contribution in [3.63, 3.8) is 0 Å². The molecule has 0 radical (unpaired) electrons. The molecule has 0 fully saturated rings. The van der Waals surface area contributed by atoms with Gasteiger partial charge in [-0.25, -0.2) is 4.79 Å². The first-order valence-electron chi connectivity index (χ1n) is 6.10. The lowest BCUT2D eigenvalue weighted by molar-refractivity contribution is 0.0556. The van der Waals surface area contributed by atoms with E-state index in [0.717, 1.165) is 5.56 Å². The summed E-state index contributed by atoms with van der Waals surface area (Å²) >= 11 is 5.79. The summed E-state index contributed by atoms with van der Waals surface area (Å²) in [4.78, 5) is 11.8. The molecule has 2 heterocycles. The van der Waals surface area contributed by atoms with E-state index in [2.05, 4.69) is 5.16 Å². The lowest BCUT2D eigenvalue weighted by Gasteiger charge is -2.02. The number of halogens is 1. The molecule has 106 valence electrons. The number of ether oxygens (including phenoxy) is 1. The molecule has 0 spiro atoms. The normalized spacial score (nSPS) is 10.6. The van der Waals surface area contributed by atoms with Crippen LogP contribution in [0.5, 0.6) is 0 Å². The molecule has 0 atom stereocenters. The van der Waals surface area contributed by atoms with Gasteiger partial charge in [0.15, 0.2) is 16.7 Å².